The van der Waals surface area contributed by atoms with E-state index in [0.29, 0.717) is 17.6 Å². The molecule has 3 heterocycles. The quantitative estimate of drug-likeness (QED) is 0.177. The topological polar surface area (TPSA) is 60.6 Å². The molecular formula is C51H34N6. The predicted molar refractivity (Wildman–Crippen MR) is 235 cm³/mol. The van der Waals surface area contributed by atoms with Gasteiger partial charge in [0.25, 0.3) is 0 Å². The third kappa shape index (κ3) is 5.70. The monoisotopic (exact) mass is 730 g/mol. The Labute approximate surface area is 329 Å². The van der Waals surface area contributed by atoms with Gasteiger partial charge < -0.3 is 9.88 Å². The van der Waals surface area contributed by atoms with Crippen molar-refractivity contribution in [2.75, 3.05) is 5.32 Å². The Morgan fingerprint density at radius 3 is 1.49 bits per heavy atom. The summed E-state index contributed by atoms with van der Waals surface area (Å²) >= 11 is 0. The third-order valence-corrected chi connectivity index (χ3v) is 10.8. The lowest BCUT2D eigenvalue weighted by atomic mass is 10.0. The molecule has 3 aromatic heterocycles. The normalized spacial score (nSPS) is 11.5. The van der Waals surface area contributed by atoms with Crippen LogP contribution in [-0.4, -0.2) is 24.1 Å². The molecule has 0 saturated carbocycles. The molecule has 0 unspecified atom stereocenters. The molecule has 57 heavy (non-hydrogen) atoms. The SMILES string of the molecule is c1ccc(-c2nc(-c3ccccc3)nc(-n3c4ccccc4c4cc(Nc5ccc(-c6ccc7c8ccccc8n(-c8ccccc8)c7c6)cc5)ccc43)n2)cc1. The van der Waals surface area contributed by atoms with Gasteiger partial charge in [-0.3, -0.25) is 4.57 Å². The molecule has 8 aromatic carbocycles. The van der Waals surface area contributed by atoms with Crippen molar-refractivity contribution in [2.24, 2.45) is 0 Å². The number of benzene rings is 8. The number of aromatic nitrogens is 5. The number of hydrogen-bond donors (Lipinski definition) is 1. The molecule has 11 rings (SSSR count). The molecule has 11 aromatic rings. The summed E-state index contributed by atoms with van der Waals surface area (Å²) in [6.45, 7) is 0. The highest BCUT2D eigenvalue weighted by Gasteiger charge is 2.18. The maximum absolute atomic E-state index is 5.07. The number of hydrogen-bond acceptors (Lipinski definition) is 4. The highest BCUT2D eigenvalue weighted by molar-refractivity contribution is 6.11. The Kier molecular flexibility index (Phi) is 7.71. The van der Waals surface area contributed by atoms with E-state index in [-0.39, 0.29) is 0 Å². The summed E-state index contributed by atoms with van der Waals surface area (Å²) in [4.78, 5) is 15.1. The van der Waals surface area contributed by atoms with E-state index in [1.54, 1.807) is 0 Å². The van der Waals surface area contributed by atoms with E-state index >= 15 is 0 Å². The summed E-state index contributed by atoms with van der Waals surface area (Å²) in [6, 6.07) is 69.9. The van der Waals surface area contributed by atoms with Crippen LogP contribution in [-0.2, 0) is 0 Å². The predicted octanol–water partition coefficient (Wildman–Crippen LogP) is 12.8. The Morgan fingerprint density at radius 2 is 0.825 bits per heavy atom. The zero-order valence-corrected chi connectivity index (χ0v) is 30.8. The highest BCUT2D eigenvalue weighted by Crippen LogP contribution is 2.37. The summed E-state index contributed by atoms with van der Waals surface area (Å²) in [7, 11) is 0. The van der Waals surface area contributed by atoms with Crippen LogP contribution in [0.2, 0.25) is 0 Å². The molecular weight excluding hydrogens is 697 g/mol. The molecule has 0 aliphatic carbocycles. The van der Waals surface area contributed by atoms with Gasteiger partial charge in [0, 0.05) is 49.7 Å². The van der Waals surface area contributed by atoms with E-state index in [2.05, 4.69) is 154 Å². The molecule has 0 bridgehead atoms. The number of nitrogens with one attached hydrogen (secondary N) is 1. The average Bonchev–Trinajstić information content (AvgIpc) is 3.80. The second kappa shape index (κ2) is 13.5. The first-order valence-electron chi connectivity index (χ1n) is 19.1. The second-order valence-corrected chi connectivity index (χ2v) is 14.2. The van der Waals surface area contributed by atoms with Gasteiger partial charge in [-0.2, -0.15) is 9.97 Å². The lowest BCUT2D eigenvalue weighted by Gasteiger charge is -2.11. The number of para-hydroxylation sites is 3. The molecule has 0 aliphatic rings. The molecule has 0 fully saturated rings. The zero-order valence-electron chi connectivity index (χ0n) is 30.8. The van der Waals surface area contributed by atoms with Gasteiger partial charge in [-0.25, -0.2) is 4.98 Å². The summed E-state index contributed by atoms with van der Waals surface area (Å²) in [5.74, 6) is 1.84. The second-order valence-electron chi connectivity index (χ2n) is 14.2. The molecule has 0 amide bonds. The zero-order chi connectivity index (χ0) is 37.7. The summed E-state index contributed by atoms with van der Waals surface area (Å²) in [5, 5.41) is 8.41. The Balaban J connectivity index is 0.955. The molecule has 0 atom stereocenters. The molecule has 0 aliphatic heterocycles. The van der Waals surface area contributed by atoms with Crippen molar-refractivity contribution in [1.82, 2.24) is 24.1 Å². The van der Waals surface area contributed by atoms with Crippen LogP contribution in [0.25, 0.3) is 89.2 Å². The fourth-order valence-electron chi connectivity index (χ4n) is 8.08. The van der Waals surface area contributed by atoms with Crippen LogP contribution >= 0.6 is 0 Å². The van der Waals surface area contributed by atoms with E-state index in [4.69, 9.17) is 15.0 Å². The van der Waals surface area contributed by atoms with Crippen LogP contribution in [0, 0.1) is 0 Å². The van der Waals surface area contributed by atoms with Gasteiger partial charge >= 0.3 is 0 Å². The summed E-state index contributed by atoms with van der Waals surface area (Å²) in [6.07, 6.45) is 0. The van der Waals surface area contributed by atoms with Crippen molar-refractivity contribution in [1.29, 1.82) is 0 Å². The highest BCUT2D eigenvalue weighted by atomic mass is 15.2. The van der Waals surface area contributed by atoms with Crippen LogP contribution in [0.5, 0.6) is 0 Å². The minimum Gasteiger partial charge on any atom is -0.356 e. The van der Waals surface area contributed by atoms with Crippen molar-refractivity contribution in [3.63, 3.8) is 0 Å². The van der Waals surface area contributed by atoms with Crippen molar-refractivity contribution in [3.8, 4) is 45.5 Å². The molecule has 1 N–H and O–H groups in total. The first-order valence-corrected chi connectivity index (χ1v) is 19.1. The Hall–Kier alpha value is -7.83. The lowest BCUT2D eigenvalue weighted by molar-refractivity contribution is 0.953. The third-order valence-electron chi connectivity index (χ3n) is 10.8. The number of fused-ring (bicyclic) bond motifs is 6. The maximum Gasteiger partial charge on any atom is 0.238 e. The Bertz CT molecular complexity index is 3180. The van der Waals surface area contributed by atoms with Crippen molar-refractivity contribution in [2.45, 2.75) is 0 Å². The molecule has 0 spiro atoms. The van der Waals surface area contributed by atoms with Gasteiger partial charge in [-0.15, -0.1) is 0 Å². The number of anilines is 2. The van der Waals surface area contributed by atoms with Gasteiger partial charge in [0.15, 0.2) is 11.6 Å². The van der Waals surface area contributed by atoms with Gasteiger partial charge in [-0.1, -0.05) is 140 Å². The fourth-order valence-corrected chi connectivity index (χ4v) is 8.08. The van der Waals surface area contributed by atoms with E-state index in [1.807, 2.05) is 60.7 Å². The standard InChI is InChI=1S/C51H34N6/c1-4-14-35(15-5-1)49-53-50(36-16-6-2-7-17-36)55-51(54-49)57-46-23-13-11-21-42(46)44-33-39(29-31-47(44)57)52-38-27-24-34(25-28-38)37-26-30-43-41-20-10-12-22-45(41)56(48(43)32-37)40-18-8-3-9-19-40/h1-33,52H. The van der Waals surface area contributed by atoms with Gasteiger partial charge in [-0.05, 0) is 71.8 Å². The van der Waals surface area contributed by atoms with Crippen molar-refractivity contribution >= 4 is 55.0 Å². The fraction of sp³-hybridized carbons (Fsp3) is 0. The van der Waals surface area contributed by atoms with Crippen LogP contribution in [0.1, 0.15) is 0 Å². The van der Waals surface area contributed by atoms with Gasteiger partial charge in [0.05, 0.1) is 22.1 Å². The lowest BCUT2D eigenvalue weighted by Crippen LogP contribution is -2.06. The van der Waals surface area contributed by atoms with E-state index < -0.39 is 0 Å². The van der Waals surface area contributed by atoms with Crippen molar-refractivity contribution < 1.29 is 0 Å². The molecule has 6 heteroatoms. The first kappa shape index (κ1) is 32.6. The molecule has 0 radical (unpaired) electrons. The minimum atomic E-state index is 0.576. The number of nitrogens with zero attached hydrogens (tertiary/aromatic N) is 5. The van der Waals surface area contributed by atoms with Crippen molar-refractivity contribution in [3.05, 3.63) is 200 Å². The smallest absolute Gasteiger partial charge is 0.238 e. The summed E-state index contributed by atoms with van der Waals surface area (Å²) < 4.78 is 4.51. The molecule has 268 valence electrons. The van der Waals surface area contributed by atoms with E-state index in [9.17, 15) is 0 Å². The first-order chi connectivity index (χ1) is 28.2. The van der Waals surface area contributed by atoms with Gasteiger partial charge in [0.2, 0.25) is 5.95 Å². The molecule has 6 nitrogen and oxygen atoms in total. The van der Waals surface area contributed by atoms with E-state index in [1.165, 1.54) is 27.4 Å². The van der Waals surface area contributed by atoms with E-state index in [0.717, 1.165) is 55.6 Å². The number of rotatable bonds is 7. The minimum absolute atomic E-state index is 0.576. The average molecular weight is 731 g/mol. The van der Waals surface area contributed by atoms with Crippen LogP contribution in [0.4, 0.5) is 11.4 Å². The van der Waals surface area contributed by atoms with Crippen LogP contribution < -0.4 is 5.32 Å². The van der Waals surface area contributed by atoms with Crippen LogP contribution in [0.3, 0.4) is 0 Å². The maximum atomic E-state index is 5.07. The summed E-state index contributed by atoms with van der Waals surface area (Å²) in [5.41, 5.74) is 11.8. The largest absolute Gasteiger partial charge is 0.356 e. The van der Waals surface area contributed by atoms with Crippen LogP contribution in [0.15, 0.2) is 200 Å². The van der Waals surface area contributed by atoms with Gasteiger partial charge in [0.1, 0.15) is 0 Å². The Morgan fingerprint density at radius 1 is 0.316 bits per heavy atom. The molecule has 0 saturated heterocycles.